The summed E-state index contributed by atoms with van der Waals surface area (Å²) < 4.78 is 5.43. The largest absolute Gasteiger partial charge is 0.465 e. The third kappa shape index (κ3) is 57.1. The van der Waals surface area contributed by atoms with Crippen LogP contribution in [0.3, 0.4) is 0 Å². The van der Waals surface area contributed by atoms with Gasteiger partial charge in [0.05, 0.1) is 25.4 Å². The van der Waals surface area contributed by atoms with Crippen LogP contribution in [0.4, 0.5) is 0 Å². The Morgan fingerprint density at radius 3 is 1.07 bits per heavy atom. The summed E-state index contributed by atoms with van der Waals surface area (Å²) in [6.45, 7) is 4.80. The van der Waals surface area contributed by atoms with Crippen molar-refractivity contribution in [1.29, 1.82) is 0 Å². The Labute approximate surface area is 448 Å². The second-order valence-electron chi connectivity index (χ2n) is 21.7. The van der Waals surface area contributed by atoms with Crippen LogP contribution in [0.5, 0.6) is 0 Å². The molecular formula is C66H123NO5. The van der Waals surface area contributed by atoms with E-state index in [1.165, 1.54) is 257 Å². The zero-order chi connectivity index (χ0) is 52.2. The van der Waals surface area contributed by atoms with E-state index in [1.807, 2.05) is 6.08 Å². The molecule has 0 saturated carbocycles. The number of allylic oxidation sites excluding steroid dienone is 6. The van der Waals surface area contributed by atoms with E-state index in [9.17, 15) is 19.8 Å². The first kappa shape index (κ1) is 69.8. The molecule has 0 aliphatic carbocycles. The molecule has 0 aromatic heterocycles. The molecule has 0 heterocycles. The van der Waals surface area contributed by atoms with Gasteiger partial charge in [-0.1, -0.05) is 294 Å². The van der Waals surface area contributed by atoms with Gasteiger partial charge in [0.25, 0.3) is 0 Å². The molecule has 0 radical (unpaired) electrons. The number of amides is 1. The molecule has 422 valence electrons. The highest BCUT2D eigenvalue weighted by atomic mass is 16.5. The molecular weight excluding hydrogens is 887 g/mol. The Kier molecular flexibility index (Phi) is 59.5. The standard InChI is InChI=1S/C66H123NO5/c1-3-5-7-9-11-13-15-17-19-20-24-28-32-36-40-44-48-52-56-60-66(71)72-61-57-53-49-45-41-37-33-29-26-23-21-22-25-27-31-35-39-43-47-51-55-59-65(70)67-63(62-68)64(69)58-54-50-46-42-38-34-30-18-16-14-12-10-8-6-4-2/h17,19,37,41,49,53-54,58,63-64,68-69H,3-16,18,20-36,38-40,42-48,50-52,55-57,59-62H2,1-2H3,(H,67,70)/b19-17-,41-37-,53-49-,58-54+. The van der Waals surface area contributed by atoms with Gasteiger partial charge in [-0.2, -0.15) is 0 Å². The van der Waals surface area contributed by atoms with Crippen LogP contribution in [0.2, 0.25) is 0 Å². The summed E-state index contributed by atoms with van der Waals surface area (Å²) in [4.78, 5) is 24.5. The molecule has 0 aromatic carbocycles. The molecule has 0 aliphatic rings. The van der Waals surface area contributed by atoms with Crippen LogP contribution in [0.1, 0.15) is 335 Å². The van der Waals surface area contributed by atoms with E-state index in [1.54, 1.807) is 6.08 Å². The molecule has 0 bridgehead atoms. The summed E-state index contributed by atoms with van der Waals surface area (Å²) in [5.41, 5.74) is 0. The van der Waals surface area contributed by atoms with E-state index in [0.717, 1.165) is 51.4 Å². The average Bonchev–Trinajstić information content (AvgIpc) is 3.38. The number of ether oxygens (including phenoxy) is 1. The van der Waals surface area contributed by atoms with E-state index in [2.05, 4.69) is 55.6 Å². The minimum Gasteiger partial charge on any atom is -0.465 e. The smallest absolute Gasteiger partial charge is 0.305 e. The van der Waals surface area contributed by atoms with Crippen molar-refractivity contribution < 1.29 is 24.5 Å². The van der Waals surface area contributed by atoms with Crippen molar-refractivity contribution >= 4 is 11.9 Å². The van der Waals surface area contributed by atoms with Crippen LogP contribution in [0.15, 0.2) is 48.6 Å². The lowest BCUT2D eigenvalue weighted by Gasteiger charge is -2.20. The van der Waals surface area contributed by atoms with Crippen LogP contribution >= 0.6 is 0 Å². The first-order chi connectivity index (χ1) is 35.5. The lowest BCUT2D eigenvalue weighted by Crippen LogP contribution is -2.45. The fourth-order valence-electron chi connectivity index (χ4n) is 9.70. The number of hydrogen-bond acceptors (Lipinski definition) is 5. The van der Waals surface area contributed by atoms with Gasteiger partial charge in [-0.3, -0.25) is 9.59 Å². The van der Waals surface area contributed by atoms with Crippen molar-refractivity contribution in [1.82, 2.24) is 5.32 Å². The molecule has 6 heteroatoms. The predicted molar refractivity (Wildman–Crippen MR) is 315 cm³/mol. The number of aliphatic hydroxyl groups excluding tert-OH is 2. The number of nitrogens with one attached hydrogen (secondary N) is 1. The summed E-state index contributed by atoms with van der Waals surface area (Å²) in [5, 5.41) is 23.1. The van der Waals surface area contributed by atoms with Gasteiger partial charge >= 0.3 is 5.97 Å². The van der Waals surface area contributed by atoms with Gasteiger partial charge in [-0.25, -0.2) is 0 Å². The fourth-order valence-corrected chi connectivity index (χ4v) is 9.70. The van der Waals surface area contributed by atoms with E-state index in [4.69, 9.17) is 4.74 Å². The van der Waals surface area contributed by atoms with Crippen molar-refractivity contribution in [2.24, 2.45) is 0 Å². The van der Waals surface area contributed by atoms with Gasteiger partial charge < -0.3 is 20.3 Å². The maximum atomic E-state index is 12.5. The topological polar surface area (TPSA) is 95.9 Å². The van der Waals surface area contributed by atoms with Crippen molar-refractivity contribution in [3.8, 4) is 0 Å². The van der Waals surface area contributed by atoms with Crippen LogP contribution < -0.4 is 5.32 Å². The Bertz CT molecular complexity index is 1210. The van der Waals surface area contributed by atoms with Crippen LogP contribution in [0.25, 0.3) is 0 Å². The second kappa shape index (κ2) is 61.4. The zero-order valence-corrected chi connectivity index (χ0v) is 48.2. The third-order valence-corrected chi connectivity index (χ3v) is 14.6. The number of hydrogen-bond donors (Lipinski definition) is 3. The monoisotopic (exact) mass is 1010 g/mol. The second-order valence-corrected chi connectivity index (χ2v) is 21.7. The molecule has 0 fully saturated rings. The number of unbranched alkanes of at least 4 members (excludes halogenated alkanes) is 42. The maximum Gasteiger partial charge on any atom is 0.305 e. The molecule has 0 aromatic rings. The zero-order valence-electron chi connectivity index (χ0n) is 48.2. The lowest BCUT2D eigenvalue weighted by molar-refractivity contribution is -0.143. The summed E-state index contributed by atoms with van der Waals surface area (Å²) in [5.74, 6) is -0.108. The molecule has 3 N–H and O–H groups in total. The first-order valence-electron chi connectivity index (χ1n) is 31.9. The highest BCUT2D eigenvalue weighted by Crippen LogP contribution is 2.17. The fraction of sp³-hybridized carbons (Fsp3) is 0.848. The average molecular weight is 1010 g/mol. The maximum absolute atomic E-state index is 12.5. The van der Waals surface area contributed by atoms with Crippen LogP contribution in [0, 0.1) is 0 Å². The molecule has 2 atom stereocenters. The Morgan fingerprint density at radius 2 is 0.694 bits per heavy atom. The minimum atomic E-state index is -0.848. The highest BCUT2D eigenvalue weighted by Gasteiger charge is 2.18. The number of rotatable bonds is 59. The Morgan fingerprint density at radius 1 is 0.389 bits per heavy atom. The number of carbonyl (C=O) groups is 2. The van der Waals surface area contributed by atoms with E-state index in [-0.39, 0.29) is 18.5 Å². The highest BCUT2D eigenvalue weighted by molar-refractivity contribution is 5.76. The number of carbonyl (C=O) groups excluding carboxylic acids is 2. The Hall–Kier alpha value is -2.18. The van der Waals surface area contributed by atoms with Crippen LogP contribution in [-0.4, -0.2) is 47.4 Å². The quantitative estimate of drug-likeness (QED) is 0.0320. The summed E-state index contributed by atoms with van der Waals surface area (Å²) in [6.07, 6.45) is 78.8. The predicted octanol–water partition coefficient (Wildman–Crippen LogP) is 20.1. The van der Waals surface area contributed by atoms with Gasteiger partial charge in [0, 0.05) is 12.8 Å². The third-order valence-electron chi connectivity index (χ3n) is 14.6. The van der Waals surface area contributed by atoms with Gasteiger partial charge in [0.1, 0.15) is 0 Å². The van der Waals surface area contributed by atoms with Gasteiger partial charge in [-0.05, 0) is 77.0 Å². The molecule has 6 nitrogen and oxygen atoms in total. The summed E-state index contributed by atoms with van der Waals surface area (Å²) >= 11 is 0. The molecule has 0 aliphatic heterocycles. The summed E-state index contributed by atoms with van der Waals surface area (Å²) in [7, 11) is 0. The van der Waals surface area contributed by atoms with Crippen LogP contribution in [-0.2, 0) is 14.3 Å². The summed E-state index contributed by atoms with van der Waals surface area (Å²) in [6, 6.07) is -0.632. The molecule has 72 heavy (non-hydrogen) atoms. The molecule has 0 rings (SSSR count). The number of aliphatic hydroxyl groups is 2. The molecule has 0 spiro atoms. The van der Waals surface area contributed by atoms with Crippen molar-refractivity contribution in [3.05, 3.63) is 48.6 Å². The normalized spacial score (nSPS) is 12.9. The van der Waals surface area contributed by atoms with E-state index < -0.39 is 12.1 Å². The first-order valence-corrected chi connectivity index (χ1v) is 31.9. The molecule has 0 saturated heterocycles. The molecule has 1 amide bonds. The van der Waals surface area contributed by atoms with Crippen molar-refractivity contribution in [3.63, 3.8) is 0 Å². The van der Waals surface area contributed by atoms with E-state index in [0.29, 0.717) is 19.4 Å². The Balaban J connectivity index is 3.46. The van der Waals surface area contributed by atoms with Gasteiger partial charge in [0.2, 0.25) is 5.91 Å². The van der Waals surface area contributed by atoms with Gasteiger partial charge in [-0.15, -0.1) is 0 Å². The minimum absolute atomic E-state index is 0.0364. The SMILES string of the molecule is CCCCCCCC/C=C\CCCCCCCCCCCC(=O)OCC/C=C\C/C=C\CCCCCCCCCCCCCCCCC(=O)NC(CO)C(O)/C=C/CCCCCCCCCCCCCCC. The molecule has 2 unspecified atom stereocenters. The lowest BCUT2D eigenvalue weighted by atomic mass is 10.0. The van der Waals surface area contributed by atoms with Crippen molar-refractivity contribution in [2.45, 2.75) is 347 Å². The van der Waals surface area contributed by atoms with E-state index >= 15 is 0 Å². The van der Waals surface area contributed by atoms with Gasteiger partial charge in [0.15, 0.2) is 0 Å². The number of esters is 1. The van der Waals surface area contributed by atoms with Crippen molar-refractivity contribution in [2.75, 3.05) is 13.2 Å².